The van der Waals surface area contributed by atoms with Crippen LogP contribution in [0.1, 0.15) is 79.6 Å². The van der Waals surface area contributed by atoms with Crippen molar-refractivity contribution in [2.45, 2.75) is 79.6 Å². The summed E-state index contributed by atoms with van der Waals surface area (Å²) in [6.45, 7) is 10.8. The highest BCUT2D eigenvalue weighted by Crippen LogP contribution is 2.20. The van der Waals surface area contributed by atoms with Gasteiger partial charge >= 0.3 is 0 Å². The van der Waals surface area contributed by atoms with Crippen LogP contribution in [0.2, 0.25) is 0 Å². The Balaban J connectivity index is 4.05. The molecule has 0 amide bonds. The van der Waals surface area contributed by atoms with Crippen LogP contribution in [0.5, 0.6) is 0 Å². The zero-order valence-electron chi connectivity index (χ0n) is 14.2. The molecule has 0 saturated heterocycles. The first-order chi connectivity index (χ1) is 9.53. The molecule has 0 aliphatic heterocycles. The van der Waals surface area contributed by atoms with Crippen molar-refractivity contribution in [1.29, 1.82) is 0 Å². The van der Waals surface area contributed by atoms with Crippen LogP contribution in [-0.2, 0) is 4.79 Å². The Morgan fingerprint density at radius 1 is 1.10 bits per heavy atom. The van der Waals surface area contributed by atoms with Crippen LogP contribution in [0.25, 0.3) is 0 Å². The number of hydrogen-bond acceptors (Lipinski definition) is 1. The average Bonchev–Trinajstić information content (AvgIpc) is 2.44. The second-order valence-corrected chi connectivity index (χ2v) is 6.06. The number of ketones is 1. The summed E-state index contributed by atoms with van der Waals surface area (Å²) in [6.07, 6.45) is 14.4. The zero-order valence-corrected chi connectivity index (χ0v) is 14.2. The average molecular weight is 278 g/mol. The van der Waals surface area contributed by atoms with Gasteiger partial charge in [0.1, 0.15) is 0 Å². The number of hydrogen-bond donors (Lipinski definition) is 0. The minimum Gasteiger partial charge on any atom is -0.295 e. The Hall–Kier alpha value is -0.850. The molecule has 0 bridgehead atoms. The maximum absolute atomic E-state index is 11.3. The van der Waals surface area contributed by atoms with Gasteiger partial charge in [0.25, 0.3) is 0 Å². The van der Waals surface area contributed by atoms with E-state index in [9.17, 15) is 4.79 Å². The van der Waals surface area contributed by atoms with Crippen molar-refractivity contribution in [2.75, 3.05) is 0 Å². The fourth-order valence-corrected chi connectivity index (χ4v) is 2.30. The number of carbonyl (C=O) groups is 1. The molecule has 0 heterocycles. The number of allylic oxidation sites excluding steroid dienone is 4. The first kappa shape index (κ1) is 19.1. The van der Waals surface area contributed by atoms with E-state index in [1.165, 1.54) is 32.1 Å². The van der Waals surface area contributed by atoms with Crippen molar-refractivity contribution in [3.05, 3.63) is 23.8 Å². The smallest absolute Gasteiger partial charge is 0.155 e. The van der Waals surface area contributed by atoms with Crippen molar-refractivity contribution >= 4 is 5.78 Å². The first-order valence-corrected chi connectivity index (χ1v) is 8.41. The standard InChI is InChI=1S/C19H34O/c1-6-16(4)11-9-13-18(7-2)14-10-12-17(5)15-19(20)8-3/h10,12,15-16,18H,6-9,11,13-14H2,1-5H3. The molecule has 0 aromatic carbocycles. The molecule has 116 valence electrons. The lowest BCUT2D eigenvalue weighted by Crippen LogP contribution is -2.00. The highest BCUT2D eigenvalue weighted by Gasteiger charge is 2.05. The molecular weight excluding hydrogens is 244 g/mol. The molecule has 20 heavy (non-hydrogen) atoms. The van der Waals surface area contributed by atoms with Crippen molar-refractivity contribution in [2.24, 2.45) is 11.8 Å². The molecule has 0 saturated carbocycles. The summed E-state index contributed by atoms with van der Waals surface area (Å²) >= 11 is 0. The van der Waals surface area contributed by atoms with Gasteiger partial charge < -0.3 is 0 Å². The summed E-state index contributed by atoms with van der Waals surface area (Å²) in [5.41, 5.74) is 1.08. The predicted molar refractivity (Wildman–Crippen MR) is 89.9 cm³/mol. The third-order valence-electron chi connectivity index (χ3n) is 4.17. The second kappa shape index (κ2) is 11.9. The second-order valence-electron chi connectivity index (χ2n) is 6.06. The Labute approximate surface area is 126 Å². The molecule has 0 rings (SSSR count). The molecule has 1 heteroatoms. The van der Waals surface area contributed by atoms with Gasteiger partial charge in [-0.15, -0.1) is 0 Å². The number of rotatable bonds is 11. The van der Waals surface area contributed by atoms with E-state index in [4.69, 9.17) is 0 Å². The van der Waals surface area contributed by atoms with Crippen LogP contribution in [0.4, 0.5) is 0 Å². The Morgan fingerprint density at radius 3 is 2.35 bits per heavy atom. The molecule has 0 aromatic rings. The SMILES string of the molecule is CCC(=O)C=C(C)C=CCC(CC)CCCC(C)CC. The third-order valence-corrected chi connectivity index (χ3v) is 4.17. The van der Waals surface area contributed by atoms with Crippen LogP contribution in [-0.4, -0.2) is 5.78 Å². The van der Waals surface area contributed by atoms with E-state index in [2.05, 4.69) is 32.9 Å². The normalized spacial score (nSPS) is 15.6. The molecule has 0 spiro atoms. The minimum absolute atomic E-state index is 0.216. The van der Waals surface area contributed by atoms with Gasteiger partial charge in [-0.25, -0.2) is 0 Å². The quantitative estimate of drug-likeness (QED) is 0.329. The van der Waals surface area contributed by atoms with Gasteiger partial charge in [0.05, 0.1) is 0 Å². The molecule has 0 radical (unpaired) electrons. The molecule has 0 aliphatic carbocycles. The summed E-state index contributed by atoms with van der Waals surface area (Å²) in [5, 5.41) is 0. The van der Waals surface area contributed by atoms with E-state index in [0.29, 0.717) is 6.42 Å². The summed E-state index contributed by atoms with van der Waals surface area (Å²) in [5.74, 6) is 1.88. The fraction of sp³-hybridized carbons (Fsp3) is 0.737. The molecule has 2 atom stereocenters. The highest BCUT2D eigenvalue weighted by atomic mass is 16.1. The lowest BCUT2D eigenvalue weighted by molar-refractivity contribution is -0.114. The van der Waals surface area contributed by atoms with Gasteiger partial charge in [-0.1, -0.05) is 72.0 Å². The van der Waals surface area contributed by atoms with Gasteiger partial charge in [-0.2, -0.15) is 0 Å². The third kappa shape index (κ3) is 10.00. The van der Waals surface area contributed by atoms with Gasteiger partial charge in [0, 0.05) is 6.42 Å². The molecule has 0 fully saturated rings. The minimum atomic E-state index is 0.216. The fourth-order valence-electron chi connectivity index (χ4n) is 2.30. The van der Waals surface area contributed by atoms with Gasteiger partial charge in [0.15, 0.2) is 5.78 Å². The van der Waals surface area contributed by atoms with Crippen molar-refractivity contribution in [3.63, 3.8) is 0 Å². The van der Waals surface area contributed by atoms with Crippen LogP contribution in [0, 0.1) is 11.8 Å². The Morgan fingerprint density at radius 2 is 1.80 bits per heavy atom. The van der Waals surface area contributed by atoms with E-state index < -0.39 is 0 Å². The van der Waals surface area contributed by atoms with E-state index in [1.807, 2.05) is 13.8 Å². The Kier molecular flexibility index (Phi) is 11.4. The molecule has 0 aliphatic rings. The molecule has 0 N–H and O–H groups in total. The van der Waals surface area contributed by atoms with Crippen LogP contribution < -0.4 is 0 Å². The van der Waals surface area contributed by atoms with E-state index >= 15 is 0 Å². The number of carbonyl (C=O) groups excluding carboxylic acids is 1. The maximum atomic E-state index is 11.3. The molecule has 0 aromatic heterocycles. The van der Waals surface area contributed by atoms with Crippen molar-refractivity contribution in [1.82, 2.24) is 0 Å². The molecule has 1 nitrogen and oxygen atoms in total. The summed E-state index contributed by atoms with van der Waals surface area (Å²) in [4.78, 5) is 11.3. The zero-order chi connectivity index (χ0) is 15.4. The molecule has 2 unspecified atom stereocenters. The van der Waals surface area contributed by atoms with E-state index in [0.717, 1.165) is 23.8 Å². The summed E-state index contributed by atoms with van der Waals surface area (Å²) < 4.78 is 0. The highest BCUT2D eigenvalue weighted by molar-refractivity contribution is 5.90. The van der Waals surface area contributed by atoms with Gasteiger partial charge in [-0.05, 0) is 36.8 Å². The topological polar surface area (TPSA) is 17.1 Å². The summed E-state index contributed by atoms with van der Waals surface area (Å²) in [7, 11) is 0. The lowest BCUT2D eigenvalue weighted by Gasteiger charge is -2.14. The lowest BCUT2D eigenvalue weighted by atomic mass is 9.92. The van der Waals surface area contributed by atoms with E-state index in [-0.39, 0.29) is 5.78 Å². The van der Waals surface area contributed by atoms with E-state index in [1.54, 1.807) is 6.08 Å². The van der Waals surface area contributed by atoms with Crippen LogP contribution in [0.3, 0.4) is 0 Å². The molecular formula is C19H34O. The van der Waals surface area contributed by atoms with Crippen molar-refractivity contribution < 1.29 is 4.79 Å². The van der Waals surface area contributed by atoms with Gasteiger partial charge in [0.2, 0.25) is 0 Å². The largest absolute Gasteiger partial charge is 0.295 e. The van der Waals surface area contributed by atoms with Crippen LogP contribution >= 0.6 is 0 Å². The maximum Gasteiger partial charge on any atom is 0.155 e. The predicted octanol–water partition coefficient (Wildman–Crippen LogP) is 6.10. The Bertz CT molecular complexity index is 312. The van der Waals surface area contributed by atoms with Crippen molar-refractivity contribution in [3.8, 4) is 0 Å². The monoisotopic (exact) mass is 278 g/mol. The first-order valence-electron chi connectivity index (χ1n) is 8.41. The van der Waals surface area contributed by atoms with Gasteiger partial charge in [-0.3, -0.25) is 4.79 Å². The van der Waals surface area contributed by atoms with Crippen LogP contribution in [0.15, 0.2) is 23.8 Å². The summed E-state index contributed by atoms with van der Waals surface area (Å²) in [6, 6.07) is 0.